The van der Waals surface area contributed by atoms with E-state index in [9.17, 15) is 23.1 Å². The second-order valence-electron chi connectivity index (χ2n) is 10.3. The highest BCUT2D eigenvalue weighted by molar-refractivity contribution is 7.89. The van der Waals surface area contributed by atoms with Gasteiger partial charge in [0.2, 0.25) is 5.91 Å². The Bertz CT molecular complexity index is 1120. The molecule has 0 aliphatic carbocycles. The van der Waals surface area contributed by atoms with Gasteiger partial charge in [-0.3, -0.25) is 9.59 Å². The molecule has 2 amide bonds. The zero-order valence-electron chi connectivity index (χ0n) is 23.7. The number of nitrogens with zero attached hydrogens (tertiary/aromatic N) is 5. The first-order chi connectivity index (χ1) is 18.4. The second kappa shape index (κ2) is 15.2. The number of carbonyl (C=O) groups excluding carboxylic acids is 2. The van der Waals surface area contributed by atoms with Crippen molar-refractivity contribution in [1.82, 2.24) is 19.5 Å². The number of nitrogens with one attached hydrogen (secondary N) is 1. The number of sulfonamides is 1. The van der Waals surface area contributed by atoms with E-state index >= 15 is 0 Å². The molecule has 1 aromatic heterocycles. The van der Waals surface area contributed by atoms with Crippen molar-refractivity contribution in [3.8, 4) is 0 Å². The predicted octanol–water partition coefficient (Wildman–Crippen LogP) is 0.138. The van der Waals surface area contributed by atoms with Crippen LogP contribution in [-0.4, -0.2) is 115 Å². The SMILES string of the molecule is CCN=C=[N+](CCCN(C)C)[C@@H](CC(C)C(N)=O)C(=O)N([C@@H]1CC[C@H](C)NC[C@H]1O)S(=O)(=O)c1ccccn1. The summed E-state index contributed by atoms with van der Waals surface area (Å²) >= 11 is 0. The lowest BCUT2D eigenvalue weighted by Crippen LogP contribution is -2.56. The number of primary amides is 1. The number of aliphatic imine (C=N–C) groups is 1. The summed E-state index contributed by atoms with van der Waals surface area (Å²) in [5.74, 6) is -2.13. The van der Waals surface area contributed by atoms with Crippen molar-refractivity contribution in [3.05, 3.63) is 24.4 Å². The zero-order valence-corrected chi connectivity index (χ0v) is 24.5. The molecule has 0 saturated carbocycles. The lowest BCUT2D eigenvalue weighted by molar-refractivity contribution is -0.549. The van der Waals surface area contributed by atoms with Gasteiger partial charge in [0.15, 0.2) is 11.1 Å². The molecular formula is C26H44N7O5S+. The Labute approximate surface area is 232 Å². The number of rotatable bonds is 13. The lowest BCUT2D eigenvalue weighted by Gasteiger charge is -2.34. The molecule has 218 valence electrons. The Morgan fingerprint density at radius 3 is 2.64 bits per heavy atom. The Morgan fingerprint density at radius 2 is 2.05 bits per heavy atom. The molecule has 0 radical (unpaired) electrons. The first-order valence-corrected chi connectivity index (χ1v) is 14.9. The van der Waals surface area contributed by atoms with Gasteiger partial charge in [-0.2, -0.15) is 8.42 Å². The molecule has 39 heavy (non-hydrogen) atoms. The highest BCUT2D eigenvalue weighted by Crippen LogP contribution is 2.26. The molecule has 5 atom stereocenters. The zero-order chi connectivity index (χ0) is 29.2. The van der Waals surface area contributed by atoms with Crippen LogP contribution in [-0.2, 0) is 19.6 Å². The van der Waals surface area contributed by atoms with Crippen molar-refractivity contribution < 1.29 is 27.7 Å². The van der Waals surface area contributed by atoms with Crippen LogP contribution in [0.5, 0.6) is 0 Å². The summed E-state index contributed by atoms with van der Waals surface area (Å²) in [6.07, 6.45) is 1.56. The van der Waals surface area contributed by atoms with E-state index in [2.05, 4.69) is 21.3 Å². The molecule has 2 rings (SSSR count). The molecule has 2 heterocycles. The molecule has 0 aromatic carbocycles. The van der Waals surface area contributed by atoms with Crippen molar-refractivity contribution in [1.29, 1.82) is 0 Å². The van der Waals surface area contributed by atoms with Gasteiger partial charge in [-0.1, -0.05) is 13.0 Å². The molecule has 1 saturated heterocycles. The van der Waals surface area contributed by atoms with E-state index in [0.717, 1.165) is 4.31 Å². The van der Waals surface area contributed by atoms with Crippen LogP contribution < -0.4 is 11.1 Å². The van der Waals surface area contributed by atoms with Gasteiger partial charge in [0.25, 0.3) is 15.9 Å². The standard InChI is InChI=1S/C26H43N7O5S/c1-6-28-18-32(15-9-14-31(4)5)22(16-19(2)25(27)35)26(36)33(21-12-11-20(3)30-17-23(21)34)39(37,38)24-10-7-8-13-29-24/h7-8,10,13,19-23,30,34H,6,9,11-12,14-17H2,1-5H3,(H-,27,35)/p+1/t19?,20-,21+,22-,23+/m0/s1. The number of aliphatic hydroxyl groups excluding tert-OH is 1. The number of amides is 2. The number of aromatic nitrogens is 1. The third kappa shape index (κ3) is 9.18. The van der Waals surface area contributed by atoms with E-state index in [1.807, 2.05) is 32.8 Å². The van der Waals surface area contributed by atoms with Crippen LogP contribution in [0.1, 0.15) is 46.5 Å². The number of aliphatic hydroxyl groups is 1. The van der Waals surface area contributed by atoms with Crippen LogP contribution in [0.2, 0.25) is 0 Å². The van der Waals surface area contributed by atoms with Crippen molar-refractivity contribution in [2.75, 3.05) is 40.3 Å². The van der Waals surface area contributed by atoms with E-state index in [4.69, 9.17) is 5.73 Å². The van der Waals surface area contributed by atoms with Gasteiger partial charge in [0.05, 0.1) is 18.7 Å². The van der Waals surface area contributed by atoms with Crippen LogP contribution in [0.25, 0.3) is 0 Å². The third-order valence-corrected chi connectivity index (χ3v) is 8.52. The Hall–Kier alpha value is -2.70. The van der Waals surface area contributed by atoms with Crippen molar-refractivity contribution in [2.45, 2.75) is 75.7 Å². The molecular weight excluding hydrogens is 522 g/mol. The molecule has 13 heteroatoms. The second-order valence-corrected chi connectivity index (χ2v) is 12.1. The number of carbonyl (C=O) groups is 2. The van der Waals surface area contributed by atoms with E-state index in [1.165, 1.54) is 18.3 Å². The first kappa shape index (κ1) is 32.5. The van der Waals surface area contributed by atoms with Crippen LogP contribution in [0.15, 0.2) is 34.4 Å². The van der Waals surface area contributed by atoms with E-state index in [1.54, 1.807) is 17.6 Å². The fourth-order valence-corrected chi connectivity index (χ4v) is 6.07. The van der Waals surface area contributed by atoms with Gasteiger partial charge in [-0.05, 0) is 64.3 Å². The maximum atomic E-state index is 14.5. The molecule has 1 aliphatic heterocycles. The van der Waals surface area contributed by atoms with Gasteiger partial charge < -0.3 is 21.1 Å². The number of nitrogens with two attached hydrogens (primary N) is 1. The van der Waals surface area contributed by atoms with Crippen LogP contribution >= 0.6 is 0 Å². The van der Waals surface area contributed by atoms with Gasteiger partial charge in [-0.15, -0.1) is 0 Å². The molecule has 12 nitrogen and oxygen atoms in total. The average molecular weight is 567 g/mol. The van der Waals surface area contributed by atoms with E-state index < -0.39 is 45.9 Å². The summed E-state index contributed by atoms with van der Waals surface area (Å²) in [7, 11) is -0.628. The molecule has 0 bridgehead atoms. The quantitative estimate of drug-likeness (QED) is 0.224. The van der Waals surface area contributed by atoms with E-state index in [-0.39, 0.29) is 30.5 Å². The molecule has 1 aliphatic rings. The fraction of sp³-hybridized carbons (Fsp3) is 0.692. The number of hydrogen-bond acceptors (Lipinski definition) is 9. The Kier molecular flexibility index (Phi) is 12.7. The smallest absolute Gasteiger partial charge is 0.307 e. The van der Waals surface area contributed by atoms with Crippen LogP contribution in [0, 0.1) is 5.92 Å². The molecule has 1 unspecified atom stereocenters. The van der Waals surface area contributed by atoms with Crippen molar-refractivity contribution in [2.24, 2.45) is 16.6 Å². The Morgan fingerprint density at radius 1 is 1.33 bits per heavy atom. The minimum absolute atomic E-state index is 0.0254. The first-order valence-electron chi connectivity index (χ1n) is 13.4. The molecule has 0 spiro atoms. The highest BCUT2D eigenvalue weighted by Gasteiger charge is 2.46. The van der Waals surface area contributed by atoms with Gasteiger partial charge in [-0.25, -0.2) is 13.9 Å². The monoisotopic (exact) mass is 566 g/mol. The lowest BCUT2D eigenvalue weighted by atomic mass is 9.98. The predicted molar refractivity (Wildman–Crippen MR) is 148 cm³/mol. The summed E-state index contributed by atoms with van der Waals surface area (Å²) < 4.78 is 30.4. The van der Waals surface area contributed by atoms with Gasteiger partial charge in [0, 0.05) is 37.7 Å². The third-order valence-electron chi connectivity index (χ3n) is 6.78. The molecule has 1 aromatic rings. The summed E-state index contributed by atoms with van der Waals surface area (Å²) in [5, 5.41) is 13.9. The fourth-order valence-electron chi connectivity index (χ4n) is 4.46. The normalized spacial score (nSPS) is 21.4. The topological polar surface area (TPSA) is 161 Å². The summed E-state index contributed by atoms with van der Waals surface area (Å²) in [6, 6.07) is 5.19. The maximum absolute atomic E-state index is 14.5. The van der Waals surface area contributed by atoms with Gasteiger partial charge >= 0.3 is 6.01 Å². The van der Waals surface area contributed by atoms with Crippen LogP contribution in [0.3, 0.4) is 0 Å². The van der Waals surface area contributed by atoms with Crippen LogP contribution in [0.4, 0.5) is 0 Å². The number of hydrogen-bond donors (Lipinski definition) is 3. The highest BCUT2D eigenvalue weighted by atomic mass is 32.2. The van der Waals surface area contributed by atoms with Crippen molar-refractivity contribution in [3.63, 3.8) is 0 Å². The number of β-amino-alcohol motifs (C(OH)–C–C–N with tert-alkyl or cyclic N) is 1. The largest absolute Gasteiger partial charge is 0.390 e. The molecule has 1 fully saturated rings. The minimum atomic E-state index is -4.48. The maximum Gasteiger partial charge on any atom is 0.307 e. The summed E-state index contributed by atoms with van der Waals surface area (Å²) in [5.41, 5.74) is 5.57. The van der Waals surface area contributed by atoms with E-state index in [0.29, 0.717) is 32.5 Å². The number of pyridine rings is 1. The average Bonchev–Trinajstić information content (AvgIpc) is 3.05. The molecule has 4 N–H and O–H groups in total. The van der Waals surface area contributed by atoms with Crippen molar-refractivity contribution >= 4 is 27.8 Å². The summed E-state index contributed by atoms with van der Waals surface area (Å²) in [4.78, 5) is 36.8. The Balaban J connectivity index is 2.69. The van der Waals surface area contributed by atoms with Gasteiger partial charge in [0.1, 0.15) is 6.54 Å². The summed E-state index contributed by atoms with van der Waals surface area (Å²) in [6.45, 7) is 6.92. The minimum Gasteiger partial charge on any atom is -0.390 e.